The summed E-state index contributed by atoms with van der Waals surface area (Å²) in [5.74, 6) is 0.392. The minimum absolute atomic E-state index is 0.150. The predicted octanol–water partition coefficient (Wildman–Crippen LogP) is 3.86. The standard InChI is InChI=1S/C25H31N3O5/c1-26-21-11-10-18(24(29)27-15-16-6-4-5-7-16)12-20(21)22(28-31)13-17-8-9-19(25(30)33-3)14-23(17)32-2/h8-12,14,16,26,31H,4-7,13,15H2,1-3H3,(H,27,29). The maximum Gasteiger partial charge on any atom is 0.337 e. The first-order valence-electron chi connectivity index (χ1n) is 11.1. The molecule has 0 aromatic heterocycles. The van der Waals surface area contributed by atoms with Crippen LogP contribution in [0.25, 0.3) is 0 Å². The van der Waals surface area contributed by atoms with Crippen LogP contribution in [0.1, 0.15) is 57.5 Å². The van der Waals surface area contributed by atoms with Crippen molar-refractivity contribution in [2.75, 3.05) is 33.1 Å². The molecule has 0 bridgehead atoms. The van der Waals surface area contributed by atoms with Gasteiger partial charge in [0, 0.05) is 42.4 Å². The lowest BCUT2D eigenvalue weighted by atomic mass is 9.97. The minimum Gasteiger partial charge on any atom is -0.496 e. The molecule has 8 nitrogen and oxygen atoms in total. The molecular formula is C25H31N3O5. The molecule has 1 fully saturated rings. The van der Waals surface area contributed by atoms with Crippen molar-refractivity contribution < 1.29 is 24.3 Å². The van der Waals surface area contributed by atoms with E-state index in [1.807, 2.05) is 0 Å². The van der Waals surface area contributed by atoms with E-state index in [0.29, 0.717) is 40.6 Å². The number of hydrogen-bond acceptors (Lipinski definition) is 7. The monoisotopic (exact) mass is 453 g/mol. The van der Waals surface area contributed by atoms with E-state index in [4.69, 9.17) is 9.47 Å². The number of carbonyl (C=O) groups is 2. The highest BCUT2D eigenvalue weighted by atomic mass is 16.5. The SMILES string of the molecule is CNc1ccc(C(=O)NCC2CCCC2)cc1C(Cc1ccc(C(=O)OC)cc1OC)=NO. The molecule has 3 N–H and O–H groups in total. The summed E-state index contributed by atoms with van der Waals surface area (Å²) < 4.78 is 10.2. The molecule has 33 heavy (non-hydrogen) atoms. The number of methoxy groups -OCH3 is 2. The lowest BCUT2D eigenvalue weighted by Gasteiger charge is -2.15. The summed E-state index contributed by atoms with van der Waals surface area (Å²) in [6, 6.07) is 10.2. The molecule has 0 radical (unpaired) electrons. The highest BCUT2D eigenvalue weighted by Crippen LogP contribution is 2.26. The van der Waals surface area contributed by atoms with Crippen LogP contribution in [0.15, 0.2) is 41.6 Å². The summed E-state index contributed by atoms with van der Waals surface area (Å²) in [5.41, 5.74) is 3.26. The van der Waals surface area contributed by atoms with Gasteiger partial charge in [-0.15, -0.1) is 0 Å². The van der Waals surface area contributed by atoms with Crippen molar-refractivity contribution in [2.24, 2.45) is 11.1 Å². The van der Waals surface area contributed by atoms with Crippen LogP contribution in [-0.2, 0) is 11.2 Å². The van der Waals surface area contributed by atoms with Gasteiger partial charge in [0.1, 0.15) is 5.75 Å². The van der Waals surface area contributed by atoms with E-state index >= 15 is 0 Å². The molecule has 0 aliphatic heterocycles. The summed E-state index contributed by atoms with van der Waals surface area (Å²) in [5, 5.41) is 19.5. The van der Waals surface area contributed by atoms with Crippen molar-refractivity contribution in [2.45, 2.75) is 32.1 Å². The third kappa shape index (κ3) is 5.83. The second-order valence-corrected chi connectivity index (χ2v) is 8.11. The molecule has 1 saturated carbocycles. The fraction of sp³-hybridized carbons (Fsp3) is 0.400. The van der Waals surface area contributed by atoms with Gasteiger partial charge in [-0.1, -0.05) is 24.1 Å². The highest BCUT2D eigenvalue weighted by Gasteiger charge is 2.19. The van der Waals surface area contributed by atoms with E-state index in [9.17, 15) is 14.8 Å². The van der Waals surface area contributed by atoms with Gasteiger partial charge in [0.25, 0.3) is 5.91 Å². The second kappa shape index (κ2) is 11.4. The summed E-state index contributed by atoms with van der Waals surface area (Å²) in [6.07, 6.45) is 4.98. The van der Waals surface area contributed by atoms with Crippen LogP contribution in [0.4, 0.5) is 5.69 Å². The van der Waals surface area contributed by atoms with Crippen LogP contribution >= 0.6 is 0 Å². The summed E-state index contributed by atoms with van der Waals surface area (Å²) >= 11 is 0. The molecule has 0 heterocycles. The van der Waals surface area contributed by atoms with Crippen LogP contribution < -0.4 is 15.4 Å². The Balaban J connectivity index is 1.84. The van der Waals surface area contributed by atoms with Crippen molar-refractivity contribution in [3.63, 3.8) is 0 Å². The van der Waals surface area contributed by atoms with E-state index < -0.39 is 5.97 Å². The van der Waals surface area contributed by atoms with Crippen molar-refractivity contribution >= 4 is 23.3 Å². The molecule has 3 rings (SSSR count). The van der Waals surface area contributed by atoms with E-state index in [0.717, 1.165) is 24.1 Å². The Bertz CT molecular complexity index is 1030. The van der Waals surface area contributed by atoms with Gasteiger partial charge in [-0.05, 0) is 49.1 Å². The Kier molecular flexibility index (Phi) is 8.29. The van der Waals surface area contributed by atoms with E-state index in [1.54, 1.807) is 43.4 Å². The van der Waals surface area contributed by atoms with Gasteiger partial charge in [0.05, 0.1) is 25.5 Å². The maximum absolute atomic E-state index is 12.8. The second-order valence-electron chi connectivity index (χ2n) is 8.11. The Morgan fingerprint density at radius 2 is 1.82 bits per heavy atom. The molecule has 8 heteroatoms. The number of rotatable bonds is 9. The molecule has 0 unspecified atom stereocenters. The van der Waals surface area contributed by atoms with Crippen molar-refractivity contribution in [1.82, 2.24) is 5.32 Å². The Morgan fingerprint density at radius 1 is 1.09 bits per heavy atom. The first-order chi connectivity index (χ1) is 16.0. The number of amides is 1. The van der Waals surface area contributed by atoms with Gasteiger partial charge in [0.2, 0.25) is 0 Å². The molecular weight excluding hydrogens is 422 g/mol. The summed E-state index contributed by atoms with van der Waals surface area (Å²) in [7, 11) is 4.58. The lowest BCUT2D eigenvalue weighted by Crippen LogP contribution is -2.28. The maximum atomic E-state index is 12.8. The number of anilines is 1. The lowest BCUT2D eigenvalue weighted by molar-refractivity contribution is 0.0600. The Labute approximate surface area is 194 Å². The number of esters is 1. The molecule has 1 amide bonds. The molecule has 2 aromatic rings. The highest BCUT2D eigenvalue weighted by molar-refractivity contribution is 6.08. The zero-order valence-electron chi connectivity index (χ0n) is 19.3. The summed E-state index contributed by atoms with van der Waals surface area (Å²) in [6.45, 7) is 0.673. The smallest absolute Gasteiger partial charge is 0.337 e. The Hall–Kier alpha value is -3.55. The number of hydrogen-bond donors (Lipinski definition) is 3. The van der Waals surface area contributed by atoms with Crippen LogP contribution in [0, 0.1) is 5.92 Å². The molecule has 0 spiro atoms. The average Bonchev–Trinajstić information content (AvgIpc) is 3.38. The van der Waals surface area contributed by atoms with Crippen LogP contribution in [0.5, 0.6) is 5.75 Å². The minimum atomic E-state index is -0.468. The number of benzene rings is 2. The number of oxime groups is 1. The van der Waals surface area contributed by atoms with E-state index in [1.165, 1.54) is 27.1 Å². The van der Waals surface area contributed by atoms with Gasteiger partial charge in [0.15, 0.2) is 0 Å². The van der Waals surface area contributed by atoms with Gasteiger partial charge in [-0.3, -0.25) is 4.79 Å². The topological polar surface area (TPSA) is 109 Å². The largest absolute Gasteiger partial charge is 0.496 e. The number of ether oxygens (including phenoxy) is 2. The zero-order chi connectivity index (χ0) is 23.8. The van der Waals surface area contributed by atoms with Crippen LogP contribution in [0.3, 0.4) is 0 Å². The van der Waals surface area contributed by atoms with Crippen LogP contribution in [0.2, 0.25) is 0 Å². The quantitative estimate of drug-likeness (QED) is 0.230. The zero-order valence-corrected chi connectivity index (χ0v) is 19.3. The first kappa shape index (κ1) is 24.1. The van der Waals surface area contributed by atoms with Crippen LogP contribution in [-0.4, -0.2) is 50.6 Å². The number of carbonyl (C=O) groups excluding carboxylic acids is 2. The molecule has 0 atom stereocenters. The van der Waals surface area contributed by atoms with Crippen molar-refractivity contribution in [3.8, 4) is 5.75 Å². The van der Waals surface area contributed by atoms with Gasteiger partial charge >= 0.3 is 5.97 Å². The van der Waals surface area contributed by atoms with Gasteiger partial charge in [-0.25, -0.2) is 4.79 Å². The first-order valence-corrected chi connectivity index (χ1v) is 11.1. The normalized spacial score (nSPS) is 14.1. The number of nitrogens with zero attached hydrogens (tertiary/aromatic N) is 1. The van der Waals surface area contributed by atoms with Gasteiger partial charge < -0.3 is 25.3 Å². The molecule has 2 aromatic carbocycles. The molecule has 1 aliphatic rings. The molecule has 176 valence electrons. The third-order valence-electron chi connectivity index (χ3n) is 6.07. The predicted molar refractivity (Wildman–Crippen MR) is 127 cm³/mol. The van der Waals surface area contributed by atoms with Gasteiger partial charge in [-0.2, -0.15) is 0 Å². The van der Waals surface area contributed by atoms with Crippen molar-refractivity contribution in [3.05, 3.63) is 58.7 Å². The van der Waals surface area contributed by atoms with Crippen molar-refractivity contribution in [1.29, 1.82) is 0 Å². The summed E-state index contributed by atoms with van der Waals surface area (Å²) in [4.78, 5) is 24.6. The number of nitrogens with one attached hydrogen (secondary N) is 2. The fourth-order valence-corrected chi connectivity index (χ4v) is 4.20. The average molecular weight is 454 g/mol. The van der Waals surface area contributed by atoms with E-state index in [-0.39, 0.29) is 12.3 Å². The molecule has 0 saturated heterocycles. The third-order valence-corrected chi connectivity index (χ3v) is 6.07. The fourth-order valence-electron chi connectivity index (χ4n) is 4.20. The molecule has 1 aliphatic carbocycles. The Morgan fingerprint density at radius 3 is 2.45 bits per heavy atom. The van der Waals surface area contributed by atoms with E-state index in [2.05, 4.69) is 15.8 Å².